The third-order valence-corrected chi connectivity index (χ3v) is 4.38. The predicted molar refractivity (Wildman–Crippen MR) is 84.5 cm³/mol. The highest BCUT2D eigenvalue weighted by molar-refractivity contribution is 5.94. The lowest BCUT2D eigenvalue weighted by atomic mass is 9.91. The summed E-state index contributed by atoms with van der Waals surface area (Å²) in [7, 11) is 0. The molecule has 1 aliphatic rings. The number of nitrogens with one attached hydrogen (secondary N) is 1. The molecule has 0 radical (unpaired) electrons. The normalized spacial score (nSPS) is 16.2. The van der Waals surface area contributed by atoms with Crippen molar-refractivity contribution in [2.45, 2.75) is 31.7 Å². The molecule has 23 heavy (non-hydrogen) atoms. The van der Waals surface area contributed by atoms with Gasteiger partial charge in [0.2, 0.25) is 0 Å². The van der Waals surface area contributed by atoms with E-state index in [1.807, 2.05) is 0 Å². The van der Waals surface area contributed by atoms with Crippen LogP contribution in [-0.2, 0) is 0 Å². The smallest absolute Gasteiger partial charge is 0.253 e. The number of halogens is 1. The zero-order valence-corrected chi connectivity index (χ0v) is 12.7. The Balaban J connectivity index is 1.87. The van der Waals surface area contributed by atoms with Crippen molar-refractivity contribution < 1.29 is 14.3 Å². The van der Waals surface area contributed by atoms with Crippen molar-refractivity contribution in [3.05, 3.63) is 59.7 Å². The molecule has 120 valence electrons. The molecule has 3 rings (SSSR count). The maximum absolute atomic E-state index is 14.2. The van der Waals surface area contributed by atoms with Gasteiger partial charge in [-0.1, -0.05) is 31.0 Å². The molecule has 4 nitrogen and oxygen atoms in total. The molecule has 1 aromatic carbocycles. The van der Waals surface area contributed by atoms with Crippen LogP contribution in [0.1, 0.15) is 47.6 Å². The lowest BCUT2D eigenvalue weighted by molar-refractivity contribution is 0.0920. The Hall–Kier alpha value is -2.43. The molecule has 0 saturated heterocycles. The van der Waals surface area contributed by atoms with Crippen molar-refractivity contribution in [3.63, 3.8) is 0 Å². The van der Waals surface area contributed by atoms with Gasteiger partial charge in [-0.2, -0.15) is 0 Å². The molecule has 1 amide bonds. The Morgan fingerprint density at radius 1 is 1.26 bits per heavy atom. The second-order valence-corrected chi connectivity index (χ2v) is 5.95. The number of carbonyl (C=O) groups excluding carboxylic acids is 1. The van der Waals surface area contributed by atoms with Gasteiger partial charge in [-0.3, -0.25) is 9.78 Å². The van der Waals surface area contributed by atoms with Gasteiger partial charge in [0.15, 0.2) is 0 Å². The van der Waals surface area contributed by atoms with Crippen LogP contribution in [0.15, 0.2) is 42.7 Å². The molecule has 1 aromatic heterocycles. The number of aromatic nitrogens is 1. The average molecular weight is 314 g/mol. The van der Waals surface area contributed by atoms with E-state index < -0.39 is 0 Å². The molecule has 1 aliphatic carbocycles. The highest BCUT2D eigenvalue weighted by Crippen LogP contribution is 2.36. The summed E-state index contributed by atoms with van der Waals surface area (Å²) in [6.45, 7) is 0. The van der Waals surface area contributed by atoms with E-state index in [0.717, 1.165) is 25.7 Å². The van der Waals surface area contributed by atoms with Crippen LogP contribution < -0.4 is 5.32 Å². The van der Waals surface area contributed by atoms with E-state index in [1.165, 1.54) is 24.5 Å². The van der Waals surface area contributed by atoms with Crippen LogP contribution in [0.2, 0.25) is 0 Å². The summed E-state index contributed by atoms with van der Waals surface area (Å²) in [4.78, 5) is 16.3. The molecule has 1 atom stereocenters. The fraction of sp³-hybridized carbons (Fsp3) is 0.333. The van der Waals surface area contributed by atoms with Crippen molar-refractivity contribution in [3.8, 4) is 5.75 Å². The van der Waals surface area contributed by atoms with E-state index in [2.05, 4.69) is 10.3 Å². The SMILES string of the molecule is O=C(NC(c1ccccc1F)C1CCCC1)c1cncc(O)c1. The molecule has 5 heteroatoms. The van der Waals surface area contributed by atoms with Crippen molar-refractivity contribution in [2.24, 2.45) is 5.92 Å². The van der Waals surface area contributed by atoms with Crippen LogP contribution in [0.25, 0.3) is 0 Å². The number of pyridine rings is 1. The third kappa shape index (κ3) is 3.50. The van der Waals surface area contributed by atoms with Gasteiger partial charge < -0.3 is 10.4 Å². The quantitative estimate of drug-likeness (QED) is 0.906. The number of nitrogens with zero attached hydrogens (tertiary/aromatic N) is 1. The number of rotatable bonds is 4. The second-order valence-electron chi connectivity index (χ2n) is 5.95. The zero-order chi connectivity index (χ0) is 16.2. The van der Waals surface area contributed by atoms with E-state index in [9.17, 15) is 14.3 Å². The number of hydrogen-bond donors (Lipinski definition) is 2. The van der Waals surface area contributed by atoms with Crippen molar-refractivity contribution in [1.29, 1.82) is 0 Å². The monoisotopic (exact) mass is 314 g/mol. The second kappa shape index (κ2) is 6.77. The van der Waals surface area contributed by atoms with Gasteiger partial charge in [-0.15, -0.1) is 0 Å². The number of benzene rings is 1. The number of carbonyl (C=O) groups is 1. The number of amides is 1. The maximum atomic E-state index is 14.2. The van der Waals surface area contributed by atoms with E-state index in [-0.39, 0.29) is 35.0 Å². The van der Waals surface area contributed by atoms with Gasteiger partial charge in [0.1, 0.15) is 11.6 Å². The molecular formula is C18H19FN2O2. The van der Waals surface area contributed by atoms with Crippen molar-refractivity contribution >= 4 is 5.91 Å². The van der Waals surface area contributed by atoms with Crippen LogP contribution in [0.5, 0.6) is 5.75 Å². The van der Waals surface area contributed by atoms with E-state index >= 15 is 0 Å². The van der Waals surface area contributed by atoms with E-state index in [0.29, 0.717) is 5.56 Å². The fourth-order valence-corrected chi connectivity index (χ4v) is 3.24. The summed E-state index contributed by atoms with van der Waals surface area (Å²) in [6, 6.07) is 7.55. The number of hydrogen-bond acceptors (Lipinski definition) is 3. The first-order valence-corrected chi connectivity index (χ1v) is 7.84. The minimum absolute atomic E-state index is 0.0686. The molecule has 2 N–H and O–H groups in total. The van der Waals surface area contributed by atoms with Crippen LogP contribution in [0.4, 0.5) is 4.39 Å². The molecular weight excluding hydrogens is 295 g/mol. The Morgan fingerprint density at radius 3 is 2.70 bits per heavy atom. The highest BCUT2D eigenvalue weighted by atomic mass is 19.1. The molecule has 1 saturated carbocycles. The van der Waals surface area contributed by atoms with E-state index in [4.69, 9.17) is 0 Å². The first-order valence-electron chi connectivity index (χ1n) is 7.84. The van der Waals surface area contributed by atoms with Crippen molar-refractivity contribution in [2.75, 3.05) is 0 Å². The van der Waals surface area contributed by atoms with Gasteiger partial charge >= 0.3 is 0 Å². The van der Waals surface area contributed by atoms with Crippen LogP contribution >= 0.6 is 0 Å². The molecule has 1 fully saturated rings. The van der Waals surface area contributed by atoms with Gasteiger partial charge in [0.25, 0.3) is 5.91 Å². The van der Waals surface area contributed by atoms with Gasteiger partial charge in [-0.05, 0) is 30.9 Å². The van der Waals surface area contributed by atoms with Gasteiger partial charge in [0.05, 0.1) is 17.8 Å². The predicted octanol–water partition coefficient (Wildman–Crippen LogP) is 3.59. The standard InChI is InChI=1S/C18H19FN2O2/c19-16-8-4-3-7-15(16)17(12-5-1-2-6-12)21-18(23)13-9-14(22)11-20-10-13/h3-4,7-12,17,22H,1-2,5-6H2,(H,21,23). The molecule has 0 aliphatic heterocycles. The fourth-order valence-electron chi connectivity index (χ4n) is 3.24. The van der Waals surface area contributed by atoms with Gasteiger partial charge in [0, 0.05) is 11.8 Å². The zero-order valence-electron chi connectivity index (χ0n) is 12.7. The van der Waals surface area contributed by atoms with Crippen LogP contribution in [-0.4, -0.2) is 16.0 Å². The topological polar surface area (TPSA) is 62.2 Å². The molecule has 2 aromatic rings. The number of aromatic hydroxyl groups is 1. The highest BCUT2D eigenvalue weighted by Gasteiger charge is 2.29. The summed E-state index contributed by atoms with van der Waals surface area (Å²) in [6.07, 6.45) is 6.79. The molecule has 0 spiro atoms. The summed E-state index contributed by atoms with van der Waals surface area (Å²) in [5.41, 5.74) is 0.783. The lowest BCUT2D eigenvalue weighted by Crippen LogP contribution is -2.33. The van der Waals surface area contributed by atoms with Crippen LogP contribution in [0, 0.1) is 11.7 Å². The minimum Gasteiger partial charge on any atom is -0.506 e. The summed E-state index contributed by atoms with van der Waals surface area (Å²) < 4.78 is 14.2. The van der Waals surface area contributed by atoms with Gasteiger partial charge in [-0.25, -0.2) is 4.39 Å². The first kappa shape index (κ1) is 15.5. The molecule has 0 bridgehead atoms. The first-order chi connectivity index (χ1) is 11.1. The van der Waals surface area contributed by atoms with Crippen LogP contribution in [0.3, 0.4) is 0 Å². The largest absolute Gasteiger partial charge is 0.506 e. The Bertz CT molecular complexity index is 699. The Morgan fingerprint density at radius 2 is 2.00 bits per heavy atom. The van der Waals surface area contributed by atoms with Crippen molar-refractivity contribution in [1.82, 2.24) is 10.3 Å². The minimum atomic E-state index is -0.367. The molecule has 1 unspecified atom stereocenters. The summed E-state index contributed by atoms with van der Waals surface area (Å²) in [5.74, 6) is -0.505. The summed E-state index contributed by atoms with van der Waals surface area (Å²) >= 11 is 0. The maximum Gasteiger partial charge on any atom is 0.253 e. The lowest BCUT2D eigenvalue weighted by Gasteiger charge is -2.25. The average Bonchev–Trinajstić information content (AvgIpc) is 3.07. The molecule has 1 heterocycles. The summed E-state index contributed by atoms with van der Waals surface area (Å²) in [5, 5.41) is 12.4. The third-order valence-electron chi connectivity index (χ3n) is 4.38. The Labute approximate surface area is 134 Å². The van der Waals surface area contributed by atoms with E-state index in [1.54, 1.807) is 18.2 Å². The Kier molecular flexibility index (Phi) is 4.55.